The fraction of sp³-hybridized carbons (Fsp3) is 0.375. The summed E-state index contributed by atoms with van der Waals surface area (Å²) >= 11 is 0. The topological polar surface area (TPSA) is 72.9 Å². The first-order chi connectivity index (χ1) is 10.5. The molecule has 0 unspecified atom stereocenters. The lowest BCUT2D eigenvalue weighted by atomic mass is 9.98. The molecule has 3 rings (SSSR count). The van der Waals surface area contributed by atoms with Crippen LogP contribution in [0, 0.1) is 12.7 Å². The number of nitrogens with one attached hydrogen (secondary N) is 1. The molecular weight excluding hydrogens is 283 g/mol. The molecule has 1 aromatic carbocycles. The van der Waals surface area contributed by atoms with Crippen LogP contribution in [0.25, 0.3) is 5.69 Å². The van der Waals surface area contributed by atoms with E-state index in [1.165, 1.54) is 10.7 Å². The minimum Gasteiger partial charge on any atom is -0.324 e. The van der Waals surface area contributed by atoms with Crippen LogP contribution in [0.5, 0.6) is 0 Å². The lowest BCUT2D eigenvalue weighted by Crippen LogP contribution is -2.48. The molecule has 1 aromatic heterocycles. The summed E-state index contributed by atoms with van der Waals surface area (Å²) in [5.41, 5.74) is 6.97. The van der Waals surface area contributed by atoms with Gasteiger partial charge in [0.1, 0.15) is 5.69 Å². The minimum absolute atomic E-state index is 0.243. The Hall–Kier alpha value is -2.21. The first-order valence-corrected chi connectivity index (χ1v) is 7.39. The zero-order chi connectivity index (χ0) is 15.7. The van der Waals surface area contributed by atoms with Crippen molar-refractivity contribution in [2.75, 3.05) is 5.32 Å². The molecule has 1 heterocycles. The Kier molecular flexibility index (Phi) is 3.70. The quantitative estimate of drug-likeness (QED) is 0.915. The molecule has 1 aliphatic carbocycles. The average molecular weight is 302 g/mol. The Morgan fingerprint density at radius 1 is 1.41 bits per heavy atom. The molecule has 6 heteroatoms. The second kappa shape index (κ2) is 5.53. The van der Waals surface area contributed by atoms with Crippen molar-refractivity contribution in [3.05, 3.63) is 42.0 Å². The monoisotopic (exact) mass is 302 g/mol. The van der Waals surface area contributed by atoms with E-state index in [0.717, 1.165) is 18.4 Å². The molecular formula is C16H19FN4O. The normalized spacial score (nSPS) is 16.7. The largest absolute Gasteiger partial charge is 0.324 e. The van der Waals surface area contributed by atoms with Crippen molar-refractivity contribution in [3.8, 4) is 5.69 Å². The minimum atomic E-state index is -0.825. The molecule has 1 saturated carbocycles. The Labute approximate surface area is 128 Å². The van der Waals surface area contributed by atoms with E-state index in [4.69, 9.17) is 5.73 Å². The van der Waals surface area contributed by atoms with Gasteiger partial charge >= 0.3 is 0 Å². The van der Waals surface area contributed by atoms with Gasteiger partial charge in [0.2, 0.25) is 5.91 Å². The summed E-state index contributed by atoms with van der Waals surface area (Å²) in [5, 5.41) is 6.80. The Bertz CT molecular complexity index is 704. The Morgan fingerprint density at radius 3 is 2.73 bits per heavy atom. The Balaban J connectivity index is 1.79. The SMILES string of the molecule is Cc1cnn(-c2ccc(NC(=O)C3(N)CCCC3)cc2F)c1. The number of carbonyl (C=O) groups is 1. The van der Waals surface area contributed by atoms with Crippen LogP contribution in [0.1, 0.15) is 31.2 Å². The van der Waals surface area contributed by atoms with E-state index in [1.54, 1.807) is 24.5 Å². The summed E-state index contributed by atoms with van der Waals surface area (Å²) in [6.07, 6.45) is 6.65. The van der Waals surface area contributed by atoms with Crippen molar-refractivity contribution in [1.29, 1.82) is 0 Å². The molecule has 5 nitrogen and oxygen atoms in total. The van der Waals surface area contributed by atoms with Crippen molar-refractivity contribution < 1.29 is 9.18 Å². The second-order valence-corrected chi connectivity index (χ2v) is 5.95. The van der Waals surface area contributed by atoms with Crippen LogP contribution in [0.15, 0.2) is 30.6 Å². The number of hydrogen-bond acceptors (Lipinski definition) is 3. The van der Waals surface area contributed by atoms with Crippen LogP contribution in [-0.4, -0.2) is 21.2 Å². The lowest BCUT2D eigenvalue weighted by Gasteiger charge is -2.22. The number of aromatic nitrogens is 2. The number of nitrogens with zero attached hydrogens (tertiary/aromatic N) is 2. The molecule has 1 aliphatic rings. The third-order valence-electron chi connectivity index (χ3n) is 4.11. The summed E-state index contributed by atoms with van der Waals surface area (Å²) in [5.74, 6) is -0.689. The van der Waals surface area contributed by atoms with Crippen LogP contribution >= 0.6 is 0 Å². The summed E-state index contributed by atoms with van der Waals surface area (Å²) < 4.78 is 15.7. The predicted molar refractivity (Wildman–Crippen MR) is 82.3 cm³/mol. The van der Waals surface area contributed by atoms with Gasteiger partial charge in [-0.05, 0) is 43.5 Å². The molecule has 22 heavy (non-hydrogen) atoms. The number of nitrogens with two attached hydrogens (primary N) is 1. The predicted octanol–water partition coefficient (Wildman–Crippen LogP) is 2.53. The molecule has 3 N–H and O–H groups in total. The van der Waals surface area contributed by atoms with E-state index in [1.807, 2.05) is 6.92 Å². The van der Waals surface area contributed by atoms with Crippen LogP contribution in [-0.2, 0) is 4.79 Å². The summed E-state index contributed by atoms with van der Waals surface area (Å²) in [4.78, 5) is 12.2. The smallest absolute Gasteiger partial charge is 0.244 e. The van der Waals surface area contributed by atoms with Crippen molar-refractivity contribution in [3.63, 3.8) is 0 Å². The highest BCUT2D eigenvalue weighted by Gasteiger charge is 2.37. The zero-order valence-corrected chi connectivity index (χ0v) is 12.5. The Morgan fingerprint density at radius 2 is 2.14 bits per heavy atom. The third kappa shape index (κ3) is 2.74. The highest BCUT2D eigenvalue weighted by atomic mass is 19.1. The number of amides is 1. The van der Waals surface area contributed by atoms with E-state index in [9.17, 15) is 9.18 Å². The van der Waals surface area contributed by atoms with E-state index in [2.05, 4.69) is 10.4 Å². The molecule has 0 spiro atoms. The third-order valence-corrected chi connectivity index (χ3v) is 4.11. The van der Waals surface area contributed by atoms with Gasteiger partial charge < -0.3 is 11.1 Å². The molecule has 116 valence electrons. The fourth-order valence-electron chi connectivity index (χ4n) is 2.80. The van der Waals surface area contributed by atoms with Crippen molar-refractivity contribution in [2.24, 2.45) is 5.73 Å². The molecule has 2 aromatic rings. The molecule has 0 saturated heterocycles. The highest BCUT2D eigenvalue weighted by molar-refractivity contribution is 5.98. The first kappa shape index (κ1) is 14.7. The van der Waals surface area contributed by atoms with E-state index >= 15 is 0 Å². The van der Waals surface area contributed by atoms with Gasteiger partial charge in [0.25, 0.3) is 0 Å². The number of hydrogen-bond donors (Lipinski definition) is 2. The van der Waals surface area contributed by atoms with Crippen molar-refractivity contribution >= 4 is 11.6 Å². The van der Waals surface area contributed by atoms with Gasteiger partial charge in [-0.3, -0.25) is 4.79 Å². The number of halogens is 1. The maximum atomic E-state index is 14.2. The molecule has 0 radical (unpaired) electrons. The van der Waals surface area contributed by atoms with Gasteiger partial charge in [-0.2, -0.15) is 5.10 Å². The zero-order valence-electron chi connectivity index (χ0n) is 12.5. The molecule has 1 fully saturated rings. The number of benzene rings is 1. The number of aryl methyl sites for hydroxylation is 1. The van der Waals surface area contributed by atoms with Crippen molar-refractivity contribution in [2.45, 2.75) is 38.1 Å². The fourth-order valence-corrected chi connectivity index (χ4v) is 2.80. The maximum absolute atomic E-state index is 14.2. The standard InChI is InChI=1S/C16H19FN4O/c1-11-9-19-21(10-11)14-5-4-12(8-13(14)17)20-15(22)16(18)6-2-3-7-16/h4-5,8-10H,2-3,6-7,18H2,1H3,(H,20,22). The summed E-state index contributed by atoms with van der Waals surface area (Å²) in [6, 6.07) is 4.55. The van der Waals surface area contributed by atoms with Gasteiger partial charge in [0.15, 0.2) is 5.82 Å². The van der Waals surface area contributed by atoms with Gasteiger partial charge in [-0.1, -0.05) is 12.8 Å². The first-order valence-electron chi connectivity index (χ1n) is 7.39. The highest BCUT2D eigenvalue weighted by Crippen LogP contribution is 2.28. The summed E-state index contributed by atoms with van der Waals surface area (Å²) in [7, 11) is 0. The van der Waals surface area contributed by atoms with Gasteiger partial charge in [0, 0.05) is 11.9 Å². The van der Waals surface area contributed by atoms with Crippen LogP contribution in [0.4, 0.5) is 10.1 Å². The average Bonchev–Trinajstić information content (AvgIpc) is 3.09. The molecule has 1 amide bonds. The molecule has 0 bridgehead atoms. The number of carbonyl (C=O) groups excluding carboxylic acids is 1. The van der Waals surface area contributed by atoms with E-state index in [-0.39, 0.29) is 5.91 Å². The van der Waals surface area contributed by atoms with Gasteiger partial charge in [-0.25, -0.2) is 9.07 Å². The maximum Gasteiger partial charge on any atom is 0.244 e. The second-order valence-electron chi connectivity index (χ2n) is 5.95. The van der Waals surface area contributed by atoms with Crippen molar-refractivity contribution in [1.82, 2.24) is 9.78 Å². The molecule has 0 aliphatic heterocycles. The lowest BCUT2D eigenvalue weighted by molar-refractivity contribution is -0.121. The van der Waals surface area contributed by atoms with Gasteiger partial charge in [-0.15, -0.1) is 0 Å². The number of anilines is 1. The molecule has 0 atom stereocenters. The van der Waals surface area contributed by atoms with Crippen LogP contribution in [0.2, 0.25) is 0 Å². The van der Waals surface area contributed by atoms with E-state index in [0.29, 0.717) is 24.2 Å². The number of rotatable bonds is 3. The van der Waals surface area contributed by atoms with Crippen LogP contribution < -0.4 is 11.1 Å². The van der Waals surface area contributed by atoms with E-state index < -0.39 is 11.4 Å². The van der Waals surface area contributed by atoms with Gasteiger partial charge in [0.05, 0.1) is 11.7 Å². The summed E-state index contributed by atoms with van der Waals surface area (Å²) in [6.45, 7) is 1.89. The van der Waals surface area contributed by atoms with Crippen LogP contribution in [0.3, 0.4) is 0 Å².